The molecule has 2 aromatic carbocycles. The molecule has 30 heavy (non-hydrogen) atoms. The molecule has 0 saturated carbocycles. The number of nitrogens with zero attached hydrogens (tertiary/aromatic N) is 3. The first-order chi connectivity index (χ1) is 14.6. The SMILES string of the molecule is Cc1ccc(-c2nc(COC(=O)c3ccc(=O)n(Cc4ccccc4)n3)cs2)cc1. The minimum Gasteiger partial charge on any atom is -0.454 e. The Balaban J connectivity index is 1.42. The van der Waals surface area contributed by atoms with Crippen molar-refractivity contribution in [1.82, 2.24) is 14.8 Å². The number of aryl methyl sites for hydroxylation is 1. The Bertz CT molecular complexity index is 1210. The zero-order chi connectivity index (χ0) is 20.9. The molecule has 0 saturated heterocycles. The zero-order valence-electron chi connectivity index (χ0n) is 16.3. The molecular formula is C23H19N3O3S. The Morgan fingerprint density at radius 2 is 1.80 bits per heavy atom. The van der Waals surface area contributed by atoms with Crippen LogP contribution in [0.2, 0.25) is 0 Å². The first-order valence-electron chi connectivity index (χ1n) is 9.39. The summed E-state index contributed by atoms with van der Waals surface area (Å²) in [4.78, 5) is 29.0. The highest BCUT2D eigenvalue weighted by Crippen LogP contribution is 2.24. The fraction of sp³-hybridized carbons (Fsp3) is 0.130. The van der Waals surface area contributed by atoms with Crippen LogP contribution in [0.4, 0.5) is 0 Å². The smallest absolute Gasteiger partial charge is 0.359 e. The predicted molar refractivity (Wildman–Crippen MR) is 115 cm³/mol. The van der Waals surface area contributed by atoms with Crippen LogP contribution >= 0.6 is 11.3 Å². The molecule has 4 rings (SSSR count). The number of esters is 1. The van der Waals surface area contributed by atoms with Crippen molar-refractivity contribution in [2.75, 3.05) is 0 Å². The van der Waals surface area contributed by atoms with Crippen molar-refractivity contribution in [3.63, 3.8) is 0 Å². The second-order valence-electron chi connectivity index (χ2n) is 6.79. The van der Waals surface area contributed by atoms with E-state index in [1.54, 1.807) is 0 Å². The van der Waals surface area contributed by atoms with Crippen LogP contribution < -0.4 is 5.56 Å². The summed E-state index contributed by atoms with van der Waals surface area (Å²) >= 11 is 1.50. The largest absolute Gasteiger partial charge is 0.454 e. The second kappa shape index (κ2) is 8.84. The van der Waals surface area contributed by atoms with E-state index in [2.05, 4.69) is 10.1 Å². The summed E-state index contributed by atoms with van der Waals surface area (Å²) in [6.07, 6.45) is 0. The maximum Gasteiger partial charge on any atom is 0.359 e. The van der Waals surface area contributed by atoms with Gasteiger partial charge in [-0.15, -0.1) is 11.3 Å². The molecule has 150 valence electrons. The Kier molecular flexibility index (Phi) is 5.81. The topological polar surface area (TPSA) is 74.1 Å². The molecule has 0 spiro atoms. The lowest BCUT2D eigenvalue weighted by atomic mass is 10.2. The molecule has 0 bridgehead atoms. The maximum absolute atomic E-state index is 12.4. The average Bonchev–Trinajstić information content (AvgIpc) is 3.24. The highest BCUT2D eigenvalue weighted by atomic mass is 32.1. The molecule has 0 N–H and O–H groups in total. The van der Waals surface area contributed by atoms with E-state index >= 15 is 0 Å². The summed E-state index contributed by atoms with van der Waals surface area (Å²) in [5.41, 5.74) is 3.60. The molecule has 4 aromatic rings. The van der Waals surface area contributed by atoms with Crippen molar-refractivity contribution in [3.05, 3.63) is 105 Å². The van der Waals surface area contributed by atoms with Gasteiger partial charge in [0.25, 0.3) is 5.56 Å². The second-order valence-corrected chi connectivity index (χ2v) is 7.64. The molecule has 0 fully saturated rings. The summed E-state index contributed by atoms with van der Waals surface area (Å²) in [6, 6.07) is 20.3. The lowest BCUT2D eigenvalue weighted by Gasteiger charge is -2.07. The number of thiazole rings is 1. The normalized spacial score (nSPS) is 10.7. The maximum atomic E-state index is 12.4. The molecule has 0 amide bonds. The van der Waals surface area contributed by atoms with Gasteiger partial charge in [0.05, 0.1) is 12.2 Å². The van der Waals surface area contributed by atoms with E-state index in [1.807, 2.05) is 66.9 Å². The van der Waals surface area contributed by atoms with Crippen molar-refractivity contribution >= 4 is 17.3 Å². The van der Waals surface area contributed by atoms with Crippen molar-refractivity contribution in [3.8, 4) is 10.6 Å². The van der Waals surface area contributed by atoms with Gasteiger partial charge in [0.15, 0.2) is 5.69 Å². The third-order valence-corrected chi connectivity index (χ3v) is 5.39. The van der Waals surface area contributed by atoms with E-state index in [1.165, 1.54) is 33.7 Å². The Morgan fingerprint density at radius 3 is 2.57 bits per heavy atom. The number of carbonyl (C=O) groups is 1. The van der Waals surface area contributed by atoms with Crippen LogP contribution in [0.1, 0.15) is 27.3 Å². The van der Waals surface area contributed by atoms with Crippen molar-refractivity contribution in [2.24, 2.45) is 0 Å². The first kappa shape index (κ1) is 19.7. The number of benzene rings is 2. The highest BCUT2D eigenvalue weighted by Gasteiger charge is 2.13. The Morgan fingerprint density at radius 1 is 1.03 bits per heavy atom. The average molecular weight is 417 g/mol. The summed E-state index contributed by atoms with van der Waals surface area (Å²) in [5.74, 6) is -0.596. The summed E-state index contributed by atoms with van der Waals surface area (Å²) in [6.45, 7) is 2.36. The lowest BCUT2D eigenvalue weighted by Crippen LogP contribution is -2.25. The summed E-state index contributed by atoms with van der Waals surface area (Å²) in [5, 5.41) is 6.89. The molecule has 7 heteroatoms. The number of hydrogen-bond acceptors (Lipinski definition) is 6. The fourth-order valence-electron chi connectivity index (χ4n) is 2.84. The van der Waals surface area contributed by atoms with E-state index < -0.39 is 5.97 Å². The molecule has 0 unspecified atom stereocenters. The Hall–Kier alpha value is -3.58. The minimum absolute atomic E-state index is 0.0423. The standard InChI is InChI=1S/C23H19N3O3S/c1-16-7-9-18(10-8-16)22-24-19(15-30-22)14-29-23(28)20-11-12-21(27)26(25-20)13-17-5-3-2-4-6-17/h2-12,15H,13-14H2,1H3. The van der Waals surface area contributed by atoms with Gasteiger partial charge in [-0.2, -0.15) is 5.10 Å². The van der Waals surface area contributed by atoms with Crippen LogP contribution in [-0.4, -0.2) is 20.7 Å². The number of ether oxygens (including phenoxy) is 1. The minimum atomic E-state index is -0.596. The van der Waals surface area contributed by atoms with Crippen LogP contribution in [0, 0.1) is 6.92 Å². The Labute approximate surface area is 177 Å². The van der Waals surface area contributed by atoms with Gasteiger partial charge >= 0.3 is 5.97 Å². The quantitative estimate of drug-likeness (QED) is 0.442. The van der Waals surface area contributed by atoms with E-state index in [9.17, 15) is 9.59 Å². The number of carbonyl (C=O) groups excluding carboxylic acids is 1. The third-order valence-electron chi connectivity index (χ3n) is 4.45. The van der Waals surface area contributed by atoms with Crippen LogP contribution in [0.5, 0.6) is 0 Å². The van der Waals surface area contributed by atoms with Crippen molar-refractivity contribution < 1.29 is 9.53 Å². The van der Waals surface area contributed by atoms with Gasteiger partial charge in [-0.1, -0.05) is 60.2 Å². The molecule has 2 heterocycles. The van der Waals surface area contributed by atoms with Gasteiger partial charge in [0, 0.05) is 17.0 Å². The van der Waals surface area contributed by atoms with Gasteiger partial charge in [-0.3, -0.25) is 4.79 Å². The van der Waals surface area contributed by atoms with Gasteiger partial charge in [-0.05, 0) is 18.6 Å². The highest BCUT2D eigenvalue weighted by molar-refractivity contribution is 7.13. The van der Waals surface area contributed by atoms with Crippen LogP contribution in [0.25, 0.3) is 10.6 Å². The van der Waals surface area contributed by atoms with Crippen LogP contribution in [-0.2, 0) is 17.9 Å². The predicted octanol–water partition coefficient (Wildman–Crippen LogP) is 4.08. The molecule has 0 aliphatic heterocycles. The van der Waals surface area contributed by atoms with Crippen molar-refractivity contribution in [1.29, 1.82) is 0 Å². The van der Waals surface area contributed by atoms with Gasteiger partial charge in [-0.25, -0.2) is 14.5 Å². The molecule has 0 radical (unpaired) electrons. The lowest BCUT2D eigenvalue weighted by molar-refractivity contribution is 0.0458. The molecule has 0 aliphatic rings. The van der Waals surface area contributed by atoms with E-state index in [0.717, 1.165) is 16.1 Å². The van der Waals surface area contributed by atoms with E-state index in [-0.39, 0.29) is 24.4 Å². The van der Waals surface area contributed by atoms with Gasteiger partial charge in [0.2, 0.25) is 0 Å². The summed E-state index contributed by atoms with van der Waals surface area (Å²) < 4.78 is 6.61. The van der Waals surface area contributed by atoms with Crippen LogP contribution in [0.3, 0.4) is 0 Å². The van der Waals surface area contributed by atoms with Gasteiger partial charge < -0.3 is 4.74 Å². The third kappa shape index (κ3) is 4.69. The van der Waals surface area contributed by atoms with E-state index in [0.29, 0.717) is 5.69 Å². The molecular weight excluding hydrogens is 398 g/mol. The molecule has 6 nitrogen and oxygen atoms in total. The monoisotopic (exact) mass is 417 g/mol. The first-order valence-corrected chi connectivity index (χ1v) is 10.3. The van der Waals surface area contributed by atoms with Crippen LogP contribution in [0.15, 0.2) is 76.9 Å². The molecule has 2 aromatic heterocycles. The number of hydrogen-bond donors (Lipinski definition) is 0. The zero-order valence-corrected chi connectivity index (χ0v) is 17.1. The molecule has 0 aliphatic carbocycles. The number of aromatic nitrogens is 3. The van der Waals surface area contributed by atoms with E-state index in [4.69, 9.17) is 4.74 Å². The summed E-state index contributed by atoms with van der Waals surface area (Å²) in [7, 11) is 0. The fourth-order valence-corrected chi connectivity index (χ4v) is 3.65. The van der Waals surface area contributed by atoms with Crippen molar-refractivity contribution in [2.45, 2.75) is 20.1 Å². The molecule has 0 atom stereocenters. The number of rotatable bonds is 6. The van der Waals surface area contributed by atoms with Gasteiger partial charge in [0.1, 0.15) is 11.6 Å².